The summed E-state index contributed by atoms with van der Waals surface area (Å²) in [5.41, 5.74) is 0.378. The first-order chi connectivity index (χ1) is 18.5. The summed E-state index contributed by atoms with van der Waals surface area (Å²) in [5.74, 6) is -0.568. The quantitative estimate of drug-likeness (QED) is 0.336. The Morgan fingerprint density at radius 3 is 2.18 bits per heavy atom. The zero-order valence-electron chi connectivity index (χ0n) is 21.8. The molecule has 5 rings (SSSR count). The molecule has 0 spiro atoms. The summed E-state index contributed by atoms with van der Waals surface area (Å²) in [6, 6.07) is 18.1. The van der Waals surface area contributed by atoms with Gasteiger partial charge in [0.25, 0.3) is 10.0 Å². The average molecular weight is 582 g/mol. The molecule has 2 aromatic carbocycles. The lowest BCUT2D eigenvalue weighted by Gasteiger charge is -2.42. The summed E-state index contributed by atoms with van der Waals surface area (Å²) in [6.45, 7) is 6.84. The van der Waals surface area contributed by atoms with Crippen LogP contribution in [0.1, 0.15) is 26.3 Å². The van der Waals surface area contributed by atoms with Crippen LogP contribution in [0.3, 0.4) is 0 Å². The van der Waals surface area contributed by atoms with Crippen LogP contribution in [0.15, 0.2) is 82.4 Å². The minimum atomic E-state index is -4.37. The molecule has 1 aliphatic heterocycles. The standard InChI is InChI=1S/C27H27N3O6S2Si/c1-18-22(24-28-15-16-35-24)37-25-23(18)38(33,34)30(26(32)29-25)17-21(31)36-39(27(2,3)4,19-11-7-5-8-12-19)20-13-9-6-10-14-20/h5-16H,17H2,1-4H3,(H,29,32). The Morgan fingerprint density at radius 1 is 1.08 bits per heavy atom. The number of rotatable bonds is 6. The number of carbonyl (C=O) groups excluding carboxylic acids is 2. The molecule has 2 amide bonds. The van der Waals surface area contributed by atoms with E-state index in [9.17, 15) is 18.0 Å². The Hall–Kier alpha value is -3.74. The van der Waals surface area contributed by atoms with Crippen molar-refractivity contribution in [3.8, 4) is 10.8 Å². The highest BCUT2D eigenvalue weighted by Gasteiger charge is 2.54. The van der Waals surface area contributed by atoms with Gasteiger partial charge in [-0.05, 0) is 27.9 Å². The number of carbonyl (C=O) groups is 2. The number of amides is 2. The molecule has 2 aromatic heterocycles. The highest BCUT2D eigenvalue weighted by atomic mass is 32.2. The van der Waals surface area contributed by atoms with E-state index in [1.54, 1.807) is 6.92 Å². The van der Waals surface area contributed by atoms with Crippen molar-refractivity contribution >= 4 is 57.1 Å². The van der Waals surface area contributed by atoms with Crippen molar-refractivity contribution in [1.82, 2.24) is 9.29 Å². The van der Waals surface area contributed by atoms with Crippen LogP contribution in [0.5, 0.6) is 0 Å². The maximum atomic E-state index is 13.7. The number of urea groups is 1. The van der Waals surface area contributed by atoms with Gasteiger partial charge in [-0.15, -0.1) is 11.3 Å². The molecule has 202 valence electrons. The molecule has 0 saturated carbocycles. The largest absolute Gasteiger partial charge is 0.508 e. The lowest BCUT2D eigenvalue weighted by molar-refractivity contribution is -0.135. The maximum Gasteiger partial charge on any atom is 0.336 e. The summed E-state index contributed by atoms with van der Waals surface area (Å²) >= 11 is 1.05. The van der Waals surface area contributed by atoms with E-state index in [-0.39, 0.29) is 15.8 Å². The van der Waals surface area contributed by atoms with Gasteiger partial charge in [0.1, 0.15) is 22.7 Å². The Labute approximate surface area is 231 Å². The number of anilines is 1. The first kappa shape index (κ1) is 26.8. The molecular formula is C27H27N3O6S2Si. The molecule has 0 bridgehead atoms. The van der Waals surface area contributed by atoms with Crippen LogP contribution in [0.2, 0.25) is 5.04 Å². The molecule has 4 aromatic rings. The highest BCUT2D eigenvalue weighted by Crippen LogP contribution is 2.45. The number of hydrogen-bond donors (Lipinski definition) is 1. The minimum Gasteiger partial charge on any atom is -0.508 e. The molecule has 0 radical (unpaired) electrons. The topological polar surface area (TPSA) is 119 Å². The maximum absolute atomic E-state index is 13.7. The smallest absolute Gasteiger partial charge is 0.336 e. The van der Waals surface area contributed by atoms with Crippen LogP contribution in [0, 0.1) is 6.92 Å². The fourth-order valence-corrected chi connectivity index (χ4v) is 12.3. The molecule has 39 heavy (non-hydrogen) atoms. The van der Waals surface area contributed by atoms with Crippen molar-refractivity contribution in [2.45, 2.75) is 37.6 Å². The van der Waals surface area contributed by atoms with Crippen LogP contribution < -0.4 is 15.7 Å². The van der Waals surface area contributed by atoms with Gasteiger partial charge in [0.2, 0.25) is 5.89 Å². The van der Waals surface area contributed by atoms with Gasteiger partial charge < -0.3 is 8.84 Å². The van der Waals surface area contributed by atoms with Gasteiger partial charge in [-0.1, -0.05) is 81.4 Å². The first-order valence-electron chi connectivity index (χ1n) is 12.2. The van der Waals surface area contributed by atoms with Crippen molar-refractivity contribution < 1.29 is 26.9 Å². The molecule has 0 fully saturated rings. The second-order valence-electron chi connectivity index (χ2n) is 10.1. The van der Waals surface area contributed by atoms with E-state index in [0.29, 0.717) is 14.7 Å². The summed E-state index contributed by atoms with van der Waals surface area (Å²) in [6.07, 6.45) is 2.83. The third-order valence-electron chi connectivity index (χ3n) is 6.67. The number of thiophene rings is 1. The van der Waals surface area contributed by atoms with Gasteiger partial charge in [-0.25, -0.2) is 22.5 Å². The monoisotopic (exact) mass is 581 g/mol. The van der Waals surface area contributed by atoms with Gasteiger partial charge in [0.15, 0.2) is 0 Å². The fraction of sp³-hybridized carbons (Fsp3) is 0.222. The molecule has 1 N–H and O–H groups in total. The van der Waals surface area contributed by atoms with E-state index >= 15 is 0 Å². The average Bonchev–Trinajstić information content (AvgIpc) is 3.53. The number of nitrogens with zero attached hydrogens (tertiary/aromatic N) is 2. The van der Waals surface area contributed by atoms with E-state index in [1.165, 1.54) is 12.5 Å². The zero-order chi connectivity index (χ0) is 28.0. The van der Waals surface area contributed by atoms with E-state index in [2.05, 4.69) is 10.3 Å². The lowest BCUT2D eigenvalue weighted by atomic mass is 10.2. The Bertz CT molecular complexity index is 1590. The summed E-state index contributed by atoms with van der Waals surface area (Å²) < 4.78 is 39.6. The van der Waals surface area contributed by atoms with Gasteiger partial charge >= 0.3 is 20.3 Å². The molecule has 0 unspecified atom stereocenters. The van der Waals surface area contributed by atoms with Crippen molar-refractivity contribution in [2.24, 2.45) is 0 Å². The summed E-state index contributed by atoms with van der Waals surface area (Å²) in [4.78, 5) is 31.2. The molecule has 9 nitrogen and oxygen atoms in total. The molecule has 0 atom stereocenters. The predicted molar refractivity (Wildman–Crippen MR) is 151 cm³/mol. The second-order valence-corrected chi connectivity index (χ2v) is 17.2. The van der Waals surface area contributed by atoms with Gasteiger partial charge in [0, 0.05) is 0 Å². The number of sulfonamides is 1. The Morgan fingerprint density at radius 2 is 1.67 bits per heavy atom. The van der Waals surface area contributed by atoms with E-state index in [1.807, 2.05) is 81.4 Å². The molecule has 3 heterocycles. The number of fused-ring (bicyclic) bond motifs is 1. The van der Waals surface area contributed by atoms with Crippen molar-refractivity contribution in [1.29, 1.82) is 0 Å². The number of aromatic nitrogens is 1. The van der Waals surface area contributed by atoms with Gasteiger partial charge in [-0.2, -0.15) is 0 Å². The van der Waals surface area contributed by atoms with Crippen LogP contribution >= 0.6 is 11.3 Å². The van der Waals surface area contributed by atoms with Gasteiger partial charge in [-0.3, -0.25) is 10.1 Å². The minimum absolute atomic E-state index is 0.0847. The number of nitrogens with one attached hydrogen (secondary N) is 1. The zero-order valence-corrected chi connectivity index (χ0v) is 24.4. The van der Waals surface area contributed by atoms with E-state index < -0.39 is 41.9 Å². The molecule has 0 aliphatic carbocycles. The molecule has 1 aliphatic rings. The fourth-order valence-electron chi connectivity index (χ4n) is 4.94. The SMILES string of the molecule is Cc1c(-c2ncco2)sc2c1S(=O)(=O)N(CC(=O)O[Si](c1ccccc1)(c1ccccc1)C(C)(C)C)C(=O)N2. The second kappa shape index (κ2) is 9.78. The Kier molecular flexibility index (Phi) is 6.73. The predicted octanol–water partition coefficient (Wildman–Crippen LogP) is 4.35. The molecular weight excluding hydrogens is 555 g/mol. The van der Waals surface area contributed by atoms with E-state index in [4.69, 9.17) is 8.84 Å². The third-order valence-corrected chi connectivity index (χ3v) is 14.8. The van der Waals surface area contributed by atoms with Crippen LogP contribution in [-0.2, 0) is 19.2 Å². The van der Waals surface area contributed by atoms with Crippen molar-refractivity contribution in [3.63, 3.8) is 0 Å². The third kappa shape index (κ3) is 4.47. The van der Waals surface area contributed by atoms with Crippen LogP contribution in [-0.4, -0.2) is 44.6 Å². The summed E-state index contributed by atoms with van der Waals surface area (Å²) in [7, 11) is -7.67. The summed E-state index contributed by atoms with van der Waals surface area (Å²) in [5, 5.41) is 3.96. The van der Waals surface area contributed by atoms with Crippen LogP contribution in [0.4, 0.5) is 9.80 Å². The first-order valence-corrected chi connectivity index (χ1v) is 16.3. The Balaban J connectivity index is 1.53. The number of hydrogen-bond acceptors (Lipinski definition) is 8. The number of oxazole rings is 1. The highest BCUT2D eigenvalue weighted by molar-refractivity contribution is 7.90. The van der Waals surface area contributed by atoms with Crippen molar-refractivity contribution in [2.75, 3.05) is 11.9 Å². The normalized spacial score (nSPS) is 15.0. The van der Waals surface area contributed by atoms with E-state index in [0.717, 1.165) is 21.7 Å². The lowest BCUT2D eigenvalue weighted by Crippen LogP contribution is -2.67. The van der Waals surface area contributed by atoms with Gasteiger partial charge in [0.05, 0.1) is 11.1 Å². The van der Waals surface area contributed by atoms with Crippen molar-refractivity contribution in [3.05, 3.63) is 78.7 Å². The molecule has 12 heteroatoms. The number of benzene rings is 2. The molecule has 0 saturated heterocycles. The van der Waals surface area contributed by atoms with Crippen LogP contribution in [0.25, 0.3) is 10.8 Å².